The van der Waals surface area contributed by atoms with Gasteiger partial charge in [-0.1, -0.05) is 11.8 Å². The van der Waals surface area contributed by atoms with Gasteiger partial charge in [-0.3, -0.25) is 9.69 Å². The minimum Gasteiger partial charge on any atom is -0.543 e. The van der Waals surface area contributed by atoms with Crippen molar-refractivity contribution in [3.05, 3.63) is 35.8 Å². The number of thioether (sulfide) groups is 2. The van der Waals surface area contributed by atoms with E-state index in [4.69, 9.17) is 4.74 Å². The highest BCUT2D eigenvalue weighted by atomic mass is 32.2. The molecule has 4 heterocycles. The molecule has 0 aromatic carbocycles. The number of hydrogen-bond acceptors (Lipinski definition) is 10. The van der Waals surface area contributed by atoms with E-state index in [0.717, 1.165) is 5.69 Å². The van der Waals surface area contributed by atoms with E-state index in [2.05, 4.69) is 20.8 Å². The average molecular weight is 450 g/mol. The summed E-state index contributed by atoms with van der Waals surface area (Å²) in [5, 5.41) is 26.5. The van der Waals surface area contributed by atoms with Gasteiger partial charge in [0, 0.05) is 43.5 Å². The molecule has 1 N–H and O–H groups in total. The van der Waals surface area contributed by atoms with Crippen molar-refractivity contribution < 1.29 is 24.0 Å². The highest BCUT2D eigenvalue weighted by Crippen LogP contribution is 2.42. The van der Waals surface area contributed by atoms with Gasteiger partial charge in [0.25, 0.3) is 12.6 Å². The van der Waals surface area contributed by atoms with Gasteiger partial charge in [-0.05, 0) is 16.0 Å². The van der Waals surface area contributed by atoms with Crippen molar-refractivity contribution in [3.8, 4) is 0 Å². The van der Waals surface area contributed by atoms with Crippen LogP contribution in [0.5, 0.6) is 0 Å². The summed E-state index contributed by atoms with van der Waals surface area (Å²) in [6, 6.07) is 3.18. The molecule has 2 aliphatic heterocycles. The molecular formula is C17H19N7O4S2. The molecule has 1 fully saturated rings. The number of nitrogens with one attached hydrogen (secondary N) is 1. The number of carbonyl (C=O) groups excluding carboxylic acids is 2. The van der Waals surface area contributed by atoms with Crippen molar-refractivity contribution in [1.29, 1.82) is 0 Å². The van der Waals surface area contributed by atoms with Gasteiger partial charge in [0.2, 0.25) is 5.16 Å². The maximum absolute atomic E-state index is 12.8. The number of aromatic nitrogens is 5. The van der Waals surface area contributed by atoms with Gasteiger partial charge in [-0.2, -0.15) is 4.57 Å². The number of rotatable bonds is 8. The Morgan fingerprint density at radius 2 is 2.23 bits per heavy atom. The number of carbonyl (C=O) groups is 2. The maximum atomic E-state index is 12.8. The summed E-state index contributed by atoms with van der Waals surface area (Å²) in [5.41, 5.74) is 1.35. The number of carboxylic acids is 1. The topological polar surface area (TPSA) is 129 Å². The van der Waals surface area contributed by atoms with Crippen LogP contribution in [0.1, 0.15) is 0 Å². The third-order valence-corrected chi connectivity index (χ3v) is 7.13. The number of aryl methyl sites for hydroxylation is 1. The Kier molecular flexibility index (Phi) is 5.92. The lowest BCUT2D eigenvalue weighted by Gasteiger charge is -2.51. The smallest absolute Gasteiger partial charge is 0.253 e. The average Bonchev–Trinajstić information content (AvgIpc) is 3.15. The van der Waals surface area contributed by atoms with Crippen molar-refractivity contribution in [3.63, 3.8) is 0 Å². The quantitative estimate of drug-likeness (QED) is 0.292. The first-order valence-corrected chi connectivity index (χ1v) is 11.0. The number of tetrazole rings is 1. The standard InChI is InChI=1S/C17H19N7O4S2/c1-22-17(19-20-21-22)30-8-10-7-29-15-12(14(25)24(15)13(10)16(26)27)18-11-3-5-23(6-4-11)9-28-2/h3-6,12,15H,7-9H2,1-2H3,(H,26,27)/t12-,15-/m1/s1. The van der Waals surface area contributed by atoms with Gasteiger partial charge < -0.3 is 20.0 Å². The number of fused-ring (bicyclic) bond motifs is 1. The zero-order chi connectivity index (χ0) is 21.3. The Hall–Kier alpha value is -2.64. The van der Waals surface area contributed by atoms with Crippen molar-refractivity contribution >= 4 is 41.1 Å². The maximum Gasteiger partial charge on any atom is 0.253 e. The SMILES string of the molecule is COC[n+]1ccc(N[C@@H]2C(=O)N3C(C(=O)[O-])=C(CSc4nnnn4C)CS[C@H]23)cc1. The molecule has 0 bridgehead atoms. The lowest BCUT2D eigenvalue weighted by molar-refractivity contribution is -0.731. The number of carboxylic acid groups (broad SMARTS) is 1. The van der Waals surface area contributed by atoms with Crippen molar-refractivity contribution in [2.45, 2.75) is 23.3 Å². The first-order valence-electron chi connectivity index (χ1n) is 8.97. The third-order valence-electron chi connectivity index (χ3n) is 4.69. The molecule has 30 heavy (non-hydrogen) atoms. The van der Waals surface area contributed by atoms with E-state index in [1.54, 1.807) is 14.2 Å². The fourth-order valence-corrected chi connectivity index (χ4v) is 5.58. The largest absolute Gasteiger partial charge is 0.543 e. The Balaban J connectivity index is 1.47. The fraction of sp³-hybridized carbons (Fsp3) is 0.412. The fourth-order valence-electron chi connectivity index (χ4n) is 3.25. The molecule has 2 aliphatic rings. The molecule has 0 spiro atoms. The van der Waals surface area contributed by atoms with Crippen LogP contribution in [0.15, 0.2) is 41.0 Å². The van der Waals surface area contributed by atoms with Crippen LogP contribution < -0.4 is 15.0 Å². The number of nitrogens with zero attached hydrogens (tertiary/aromatic N) is 6. The normalized spacial score (nSPS) is 20.7. The lowest BCUT2D eigenvalue weighted by atomic mass is 10.0. The molecule has 1 saturated heterocycles. The van der Waals surface area contributed by atoms with Crippen LogP contribution in [0.3, 0.4) is 0 Å². The van der Waals surface area contributed by atoms with Crippen LogP contribution in [0.25, 0.3) is 0 Å². The molecule has 11 nitrogen and oxygen atoms in total. The molecule has 4 rings (SSSR count). The molecule has 2 aromatic rings. The second-order valence-corrected chi connectivity index (χ2v) is 8.71. The first-order chi connectivity index (χ1) is 14.5. The van der Waals surface area contributed by atoms with Crippen LogP contribution >= 0.6 is 23.5 Å². The monoisotopic (exact) mass is 449 g/mol. The Bertz CT molecular complexity index is 994. The molecule has 0 unspecified atom stereocenters. The predicted molar refractivity (Wildman–Crippen MR) is 106 cm³/mol. The molecule has 0 aliphatic carbocycles. The van der Waals surface area contributed by atoms with Gasteiger partial charge in [0.15, 0.2) is 12.4 Å². The third kappa shape index (κ3) is 3.87. The number of hydrogen-bond donors (Lipinski definition) is 1. The van der Waals surface area contributed by atoms with Crippen LogP contribution in [0, 0.1) is 0 Å². The number of pyridine rings is 1. The molecule has 1 amide bonds. The summed E-state index contributed by atoms with van der Waals surface area (Å²) in [6.45, 7) is 0.430. The van der Waals surface area contributed by atoms with E-state index < -0.39 is 12.0 Å². The molecule has 2 aromatic heterocycles. The zero-order valence-electron chi connectivity index (χ0n) is 16.2. The van der Waals surface area contributed by atoms with Gasteiger partial charge >= 0.3 is 0 Å². The Labute approximate surface area is 180 Å². The number of anilines is 1. The number of aliphatic carboxylic acids is 1. The highest BCUT2D eigenvalue weighted by molar-refractivity contribution is 8.01. The molecule has 13 heteroatoms. The van der Waals surface area contributed by atoms with E-state index in [-0.39, 0.29) is 17.0 Å². The predicted octanol–water partition coefficient (Wildman–Crippen LogP) is -1.41. The van der Waals surface area contributed by atoms with Gasteiger partial charge in [0.05, 0.1) is 11.7 Å². The second kappa shape index (κ2) is 8.62. The minimum absolute atomic E-state index is 0.0459. The molecular weight excluding hydrogens is 430 g/mol. The second-order valence-electron chi connectivity index (χ2n) is 6.66. The number of amides is 1. The van der Waals surface area contributed by atoms with Crippen LogP contribution in [-0.4, -0.2) is 67.0 Å². The molecule has 0 saturated carbocycles. The zero-order valence-corrected chi connectivity index (χ0v) is 17.9. The number of ether oxygens (including phenoxy) is 1. The van der Waals surface area contributed by atoms with Gasteiger partial charge in [-0.15, -0.1) is 16.9 Å². The highest BCUT2D eigenvalue weighted by Gasteiger charge is 2.52. The number of methoxy groups -OCH3 is 1. The van der Waals surface area contributed by atoms with E-state index >= 15 is 0 Å². The minimum atomic E-state index is -1.35. The summed E-state index contributed by atoms with van der Waals surface area (Å²) < 4.78 is 8.42. The summed E-state index contributed by atoms with van der Waals surface area (Å²) in [4.78, 5) is 25.9. The van der Waals surface area contributed by atoms with Gasteiger partial charge in [0.1, 0.15) is 11.4 Å². The first kappa shape index (κ1) is 20.6. The van der Waals surface area contributed by atoms with Gasteiger partial charge in [-0.25, -0.2) is 4.68 Å². The van der Waals surface area contributed by atoms with Crippen molar-refractivity contribution in [1.82, 2.24) is 25.1 Å². The number of β-lactam (4-membered cyclic amide) rings is 1. The Morgan fingerprint density at radius 3 is 2.87 bits per heavy atom. The van der Waals surface area contributed by atoms with Crippen LogP contribution in [0.2, 0.25) is 0 Å². The van der Waals surface area contributed by atoms with Crippen molar-refractivity contribution in [2.75, 3.05) is 23.9 Å². The summed E-state index contributed by atoms with van der Waals surface area (Å²) in [5.74, 6) is -0.796. The summed E-state index contributed by atoms with van der Waals surface area (Å²) in [7, 11) is 3.32. The summed E-state index contributed by atoms with van der Waals surface area (Å²) >= 11 is 2.84. The van der Waals surface area contributed by atoms with E-state index in [1.807, 2.05) is 29.1 Å². The van der Waals surface area contributed by atoms with E-state index in [9.17, 15) is 14.7 Å². The van der Waals surface area contributed by atoms with Crippen LogP contribution in [-0.2, 0) is 28.1 Å². The van der Waals surface area contributed by atoms with Crippen molar-refractivity contribution in [2.24, 2.45) is 7.05 Å². The Morgan fingerprint density at radius 1 is 1.47 bits per heavy atom. The molecule has 2 atom stereocenters. The molecule has 158 valence electrons. The van der Waals surface area contributed by atoms with E-state index in [0.29, 0.717) is 29.0 Å². The van der Waals surface area contributed by atoms with Crippen LogP contribution in [0.4, 0.5) is 5.69 Å². The molecule has 0 radical (unpaired) electrons. The lowest BCUT2D eigenvalue weighted by Crippen LogP contribution is -2.68. The van der Waals surface area contributed by atoms with E-state index in [1.165, 1.54) is 33.1 Å². The summed E-state index contributed by atoms with van der Waals surface area (Å²) in [6.07, 6.45) is 3.67.